The average Bonchev–Trinajstić information content (AvgIpc) is 3.19. The SMILES string of the molecule is CCCCCc1cc(OCCOCCOCCOCCOCCOc2cc(CCCCC)cc3c2[C@@H]2C=C(C)CC[C@H]2C(C)(C)O3)c2c(c1)OC(C)(C)[C@@H]1CCC(C)=C[C@@H]21. The fourth-order valence-electron chi connectivity index (χ4n) is 9.99. The minimum absolute atomic E-state index is 0.210. The molecule has 0 saturated heterocycles. The summed E-state index contributed by atoms with van der Waals surface area (Å²) in [4.78, 5) is 0. The molecular formula is C52H78O8. The van der Waals surface area contributed by atoms with Gasteiger partial charge in [0, 0.05) is 34.8 Å². The summed E-state index contributed by atoms with van der Waals surface area (Å²) in [7, 11) is 0. The smallest absolute Gasteiger partial charge is 0.127 e. The van der Waals surface area contributed by atoms with Gasteiger partial charge in [-0.2, -0.15) is 0 Å². The molecule has 2 aromatic rings. The van der Waals surface area contributed by atoms with Gasteiger partial charge in [0.05, 0.1) is 52.9 Å². The van der Waals surface area contributed by atoms with E-state index >= 15 is 0 Å². The van der Waals surface area contributed by atoms with Crippen molar-refractivity contribution in [3.63, 3.8) is 0 Å². The van der Waals surface area contributed by atoms with Gasteiger partial charge in [-0.3, -0.25) is 0 Å². The van der Waals surface area contributed by atoms with E-state index in [9.17, 15) is 0 Å². The van der Waals surface area contributed by atoms with Crippen molar-refractivity contribution in [1.29, 1.82) is 0 Å². The van der Waals surface area contributed by atoms with E-state index in [0.717, 1.165) is 61.5 Å². The molecule has 2 aliphatic carbocycles. The predicted octanol–water partition coefficient (Wildman–Crippen LogP) is 11.9. The Balaban J connectivity index is 0.864. The largest absolute Gasteiger partial charge is 0.491 e. The number of ether oxygens (including phenoxy) is 8. The zero-order valence-electron chi connectivity index (χ0n) is 38.6. The van der Waals surface area contributed by atoms with Gasteiger partial charge in [-0.05, 0) is 128 Å². The summed E-state index contributed by atoms with van der Waals surface area (Å²) < 4.78 is 49.8. The summed E-state index contributed by atoms with van der Waals surface area (Å²) >= 11 is 0. The van der Waals surface area contributed by atoms with Crippen molar-refractivity contribution >= 4 is 0 Å². The van der Waals surface area contributed by atoms with Crippen LogP contribution in [0.25, 0.3) is 0 Å². The Morgan fingerprint density at radius 1 is 0.517 bits per heavy atom. The molecule has 0 fully saturated rings. The molecule has 2 heterocycles. The monoisotopic (exact) mass is 831 g/mol. The fourth-order valence-corrected chi connectivity index (χ4v) is 9.99. The number of allylic oxidation sites excluding steroid dienone is 4. The van der Waals surface area contributed by atoms with Crippen LogP contribution < -0.4 is 18.9 Å². The van der Waals surface area contributed by atoms with E-state index in [-0.39, 0.29) is 11.2 Å². The molecule has 2 aliphatic heterocycles. The highest BCUT2D eigenvalue weighted by molar-refractivity contribution is 5.56. The summed E-state index contributed by atoms with van der Waals surface area (Å²) in [6.45, 7) is 23.1. The van der Waals surface area contributed by atoms with E-state index < -0.39 is 0 Å². The van der Waals surface area contributed by atoms with Crippen LogP contribution in [0.4, 0.5) is 0 Å². The van der Waals surface area contributed by atoms with Crippen LogP contribution in [0.1, 0.15) is 154 Å². The van der Waals surface area contributed by atoms with E-state index in [2.05, 4.69) is 91.8 Å². The maximum absolute atomic E-state index is 6.72. The normalized spacial score (nSPS) is 22.3. The highest BCUT2D eigenvalue weighted by Gasteiger charge is 2.47. The second kappa shape index (κ2) is 22.4. The van der Waals surface area contributed by atoms with Gasteiger partial charge >= 0.3 is 0 Å². The summed E-state index contributed by atoms with van der Waals surface area (Å²) in [5.41, 5.74) is 7.49. The van der Waals surface area contributed by atoms with Crippen molar-refractivity contribution in [2.75, 3.05) is 66.1 Å². The van der Waals surface area contributed by atoms with Gasteiger partial charge in [0.2, 0.25) is 0 Å². The molecule has 334 valence electrons. The minimum Gasteiger partial charge on any atom is -0.491 e. The molecule has 0 amide bonds. The summed E-state index contributed by atoms with van der Waals surface area (Å²) in [5.74, 6) is 5.37. The maximum Gasteiger partial charge on any atom is 0.127 e. The molecule has 8 nitrogen and oxygen atoms in total. The molecule has 8 heteroatoms. The Morgan fingerprint density at radius 2 is 0.883 bits per heavy atom. The molecule has 0 bridgehead atoms. The van der Waals surface area contributed by atoms with Crippen LogP contribution in [0.5, 0.6) is 23.0 Å². The molecule has 0 N–H and O–H groups in total. The van der Waals surface area contributed by atoms with E-state index in [4.69, 9.17) is 37.9 Å². The highest BCUT2D eigenvalue weighted by Crippen LogP contribution is 2.55. The van der Waals surface area contributed by atoms with Crippen molar-refractivity contribution in [1.82, 2.24) is 0 Å². The Labute approximate surface area is 363 Å². The van der Waals surface area contributed by atoms with Crippen LogP contribution in [0.2, 0.25) is 0 Å². The van der Waals surface area contributed by atoms with Gasteiger partial charge in [0.25, 0.3) is 0 Å². The number of benzene rings is 2. The molecule has 6 rings (SSSR count). The highest BCUT2D eigenvalue weighted by atomic mass is 16.6. The molecule has 0 saturated carbocycles. The molecular weight excluding hydrogens is 753 g/mol. The Kier molecular flexibility index (Phi) is 17.3. The third-order valence-electron chi connectivity index (χ3n) is 13.2. The quantitative estimate of drug-likeness (QED) is 0.0724. The first-order chi connectivity index (χ1) is 29.0. The molecule has 60 heavy (non-hydrogen) atoms. The van der Waals surface area contributed by atoms with Crippen LogP contribution in [0.3, 0.4) is 0 Å². The zero-order chi connectivity index (χ0) is 42.5. The lowest BCUT2D eigenvalue weighted by Gasteiger charge is -2.46. The van der Waals surface area contributed by atoms with Crippen molar-refractivity contribution in [2.45, 2.75) is 155 Å². The maximum atomic E-state index is 6.72. The summed E-state index contributed by atoms with van der Waals surface area (Å²) in [5, 5.41) is 0. The fraction of sp³-hybridized carbons (Fsp3) is 0.692. The molecule has 0 radical (unpaired) electrons. The predicted molar refractivity (Wildman–Crippen MR) is 241 cm³/mol. The Hall–Kier alpha value is -3.04. The van der Waals surface area contributed by atoms with E-state index in [1.165, 1.54) is 71.9 Å². The van der Waals surface area contributed by atoms with Crippen molar-refractivity contribution in [3.05, 3.63) is 69.8 Å². The first-order valence-electron chi connectivity index (χ1n) is 23.6. The molecule has 0 aromatic heterocycles. The molecule has 2 aromatic carbocycles. The number of unbranched alkanes of at least 4 members (excludes halogenated alkanes) is 4. The van der Waals surface area contributed by atoms with Gasteiger partial charge in [-0.1, -0.05) is 62.8 Å². The lowest BCUT2D eigenvalue weighted by Crippen LogP contribution is -2.45. The minimum atomic E-state index is -0.210. The third kappa shape index (κ3) is 12.3. The number of hydrogen-bond donors (Lipinski definition) is 0. The van der Waals surface area contributed by atoms with Crippen molar-refractivity contribution in [3.8, 4) is 23.0 Å². The van der Waals surface area contributed by atoms with E-state index in [0.29, 0.717) is 89.7 Å². The summed E-state index contributed by atoms with van der Waals surface area (Å²) in [6, 6.07) is 9.06. The Morgan fingerprint density at radius 3 is 1.25 bits per heavy atom. The van der Waals surface area contributed by atoms with Crippen LogP contribution in [-0.2, 0) is 31.8 Å². The lowest BCUT2D eigenvalue weighted by atomic mass is 9.68. The van der Waals surface area contributed by atoms with Gasteiger partial charge in [0.15, 0.2) is 0 Å². The number of rotatable bonds is 25. The second-order valence-corrected chi connectivity index (χ2v) is 18.9. The van der Waals surface area contributed by atoms with Crippen molar-refractivity contribution in [2.24, 2.45) is 11.8 Å². The first kappa shape index (κ1) is 46.5. The first-order valence-corrected chi connectivity index (χ1v) is 23.6. The molecule has 4 atom stereocenters. The van der Waals surface area contributed by atoms with Gasteiger partial charge in [-0.15, -0.1) is 0 Å². The average molecular weight is 831 g/mol. The van der Waals surface area contributed by atoms with Gasteiger partial charge in [0.1, 0.15) is 47.4 Å². The summed E-state index contributed by atoms with van der Waals surface area (Å²) in [6.07, 6.45) is 18.7. The van der Waals surface area contributed by atoms with E-state index in [1.807, 2.05) is 0 Å². The van der Waals surface area contributed by atoms with E-state index in [1.54, 1.807) is 0 Å². The third-order valence-corrected chi connectivity index (χ3v) is 13.2. The molecule has 4 aliphatic rings. The second-order valence-electron chi connectivity index (χ2n) is 18.9. The van der Waals surface area contributed by atoms with Crippen molar-refractivity contribution < 1.29 is 37.9 Å². The molecule has 0 unspecified atom stereocenters. The number of fused-ring (bicyclic) bond motifs is 6. The van der Waals surface area contributed by atoms with Crippen LogP contribution in [0, 0.1) is 11.8 Å². The van der Waals surface area contributed by atoms with Crippen LogP contribution in [0.15, 0.2) is 47.6 Å². The van der Waals surface area contributed by atoms with Crippen LogP contribution >= 0.6 is 0 Å². The number of aryl methyl sites for hydroxylation is 2. The van der Waals surface area contributed by atoms with Crippen LogP contribution in [-0.4, -0.2) is 77.3 Å². The van der Waals surface area contributed by atoms with Gasteiger partial charge < -0.3 is 37.9 Å². The lowest BCUT2D eigenvalue weighted by molar-refractivity contribution is -0.00776. The Bertz CT molecular complexity index is 1600. The number of hydrogen-bond acceptors (Lipinski definition) is 8. The standard InChI is InChI=1S/C52H78O8/c1-9-11-13-15-39-33-45(49-41-31-37(3)17-19-43(41)51(5,6)59-47(49)35-39)57-29-27-55-25-23-53-21-22-54-24-26-56-28-30-58-46-34-40(16-14-12-10-2)36-48-50(46)42-32-38(4)18-20-44(42)52(7,8)60-48/h31-36,41-44H,9-30H2,1-8H3/t41-,42-,43-,44-/m1/s1. The molecule has 0 spiro atoms. The zero-order valence-corrected chi connectivity index (χ0v) is 38.6. The van der Waals surface area contributed by atoms with Gasteiger partial charge in [-0.25, -0.2) is 0 Å². The topological polar surface area (TPSA) is 73.8 Å².